The minimum absolute atomic E-state index is 0.525. The summed E-state index contributed by atoms with van der Waals surface area (Å²) in [4.78, 5) is 9.46. The zero-order valence-corrected chi connectivity index (χ0v) is 11.0. The topological polar surface area (TPSA) is 31.4 Å². The maximum Gasteiger partial charge on any atom is 0.0380 e. The number of hydrogen-bond donors (Lipinski definition) is 1. The van der Waals surface area contributed by atoms with Crippen LogP contribution >= 0.6 is 0 Å². The van der Waals surface area contributed by atoms with Gasteiger partial charge in [-0.1, -0.05) is 6.07 Å². The van der Waals surface area contributed by atoms with Crippen LogP contribution in [0.3, 0.4) is 0 Å². The number of nitrogens with zero attached hydrogens (tertiary/aromatic N) is 3. The Morgan fingerprint density at radius 1 is 1.39 bits per heavy atom. The molecule has 1 aromatic rings. The van der Waals surface area contributed by atoms with Gasteiger partial charge in [-0.05, 0) is 25.1 Å². The summed E-state index contributed by atoms with van der Waals surface area (Å²) in [5.74, 6) is 0. The van der Waals surface area contributed by atoms with Crippen LogP contribution in [0.5, 0.6) is 0 Å². The Bertz CT molecular complexity index is 373. The largest absolute Gasteiger partial charge is 0.315 e. The van der Waals surface area contributed by atoms with Crippen LogP contribution in [0, 0.1) is 0 Å². The van der Waals surface area contributed by atoms with Crippen LogP contribution in [-0.4, -0.2) is 66.6 Å². The second-order valence-electron chi connectivity index (χ2n) is 5.36. The van der Waals surface area contributed by atoms with Gasteiger partial charge in [-0.15, -0.1) is 0 Å². The Hall–Kier alpha value is -0.970. The molecule has 0 radical (unpaired) electrons. The first kappa shape index (κ1) is 12.1. The molecule has 2 atom stereocenters. The van der Waals surface area contributed by atoms with E-state index in [2.05, 4.69) is 33.2 Å². The second-order valence-corrected chi connectivity index (χ2v) is 5.36. The molecule has 4 heteroatoms. The summed E-state index contributed by atoms with van der Waals surface area (Å²) in [5, 5.41) is 3.51. The SMILES string of the molecule is CNC(Cc1cccnc1)C1CN2CCN1CC2. The molecule has 2 unspecified atom stereocenters. The number of aromatic nitrogens is 1. The van der Waals surface area contributed by atoms with Crippen molar-refractivity contribution < 1.29 is 0 Å². The number of hydrogen-bond acceptors (Lipinski definition) is 4. The Morgan fingerprint density at radius 2 is 2.22 bits per heavy atom. The van der Waals surface area contributed by atoms with E-state index in [9.17, 15) is 0 Å². The van der Waals surface area contributed by atoms with Crippen LogP contribution in [0.4, 0.5) is 0 Å². The predicted molar refractivity (Wildman–Crippen MR) is 72.6 cm³/mol. The third-order valence-corrected chi connectivity index (χ3v) is 4.33. The highest BCUT2D eigenvalue weighted by atomic mass is 15.4. The fourth-order valence-electron chi connectivity index (χ4n) is 3.24. The van der Waals surface area contributed by atoms with Gasteiger partial charge < -0.3 is 5.32 Å². The van der Waals surface area contributed by atoms with Crippen LogP contribution in [0.15, 0.2) is 24.5 Å². The van der Waals surface area contributed by atoms with Crippen LogP contribution in [-0.2, 0) is 6.42 Å². The van der Waals surface area contributed by atoms with E-state index in [0.717, 1.165) is 6.42 Å². The first-order valence-corrected chi connectivity index (χ1v) is 6.89. The van der Waals surface area contributed by atoms with Crippen molar-refractivity contribution in [2.75, 3.05) is 39.8 Å². The van der Waals surface area contributed by atoms with Crippen LogP contribution in [0.2, 0.25) is 0 Å². The van der Waals surface area contributed by atoms with Crippen LogP contribution in [0.25, 0.3) is 0 Å². The molecule has 18 heavy (non-hydrogen) atoms. The monoisotopic (exact) mass is 246 g/mol. The first-order valence-electron chi connectivity index (χ1n) is 6.89. The number of fused-ring (bicyclic) bond motifs is 3. The summed E-state index contributed by atoms with van der Waals surface area (Å²) in [6.07, 6.45) is 4.90. The zero-order valence-electron chi connectivity index (χ0n) is 11.0. The van der Waals surface area contributed by atoms with Crippen molar-refractivity contribution >= 4 is 0 Å². The second kappa shape index (κ2) is 5.34. The van der Waals surface area contributed by atoms with E-state index in [1.165, 1.54) is 38.3 Å². The number of piperazine rings is 3. The van der Waals surface area contributed by atoms with Gasteiger partial charge in [0.25, 0.3) is 0 Å². The number of likely N-dealkylation sites (N-methyl/N-ethyl adjacent to an activating group) is 1. The van der Waals surface area contributed by atoms with E-state index < -0.39 is 0 Å². The van der Waals surface area contributed by atoms with Crippen LogP contribution < -0.4 is 5.32 Å². The molecular weight excluding hydrogens is 224 g/mol. The Morgan fingerprint density at radius 3 is 2.78 bits per heavy atom. The highest BCUT2D eigenvalue weighted by Crippen LogP contribution is 2.20. The van der Waals surface area contributed by atoms with Gasteiger partial charge in [0, 0.05) is 57.2 Å². The summed E-state index contributed by atoms with van der Waals surface area (Å²) in [6, 6.07) is 5.38. The van der Waals surface area contributed by atoms with Gasteiger partial charge in [0.1, 0.15) is 0 Å². The van der Waals surface area contributed by atoms with E-state index >= 15 is 0 Å². The molecule has 0 saturated carbocycles. The lowest BCUT2D eigenvalue weighted by Crippen LogP contribution is -2.66. The molecule has 3 fully saturated rings. The molecule has 0 aliphatic carbocycles. The van der Waals surface area contributed by atoms with Gasteiger partial charge in [0.05, 0.1) is 0 Å². The molecule has 1 N–H and O–H groups in total. The average Bonchev–Trinajstić information content (AvgIpc) is 2.47. The summed E-state index contributed by atoms with van der Waals surface area (Å²) in [5.41, 5.74) is 1.33. The molecule has 4 rings (SSSR count). The molecule has 0 spiro atoms. The molecule has 1 aromatic heterocycles. The molecular formula is C14H22N4. The molecule has 2 bridgehead atoms. The zero-order chi connectivity index (χ0) is 12.4. The van der Waals surface area contributed by atoms with Crippen molar-refractivity contribution in [2.45, 2.75) is 18.5 Å². The summed E-state index contributed by atoms with van der Waals surface area (Å²) in [7, 11) is 2.08. The van der Waals surface area contributed by atoms with Crippen LogP contribution in [0.1, 0.15) is 5.56 Å². The van der Waals surface area contributed by atoms with Crippen molar-refractivity contribution in [3.8, 4) is 0 Å². The normalized spacial score (nSPS) is 32.4. The average molecular weight is 246 g/mol. The Balaban J connectivity index is 1.69. The summed E-state index contributed by atoms with van der Waals surface area (Å²) < 4.78 is 0. The van der Waals surface area contributed by atoms with Gasteiger partial charge in [-0.3, -0.25) is 14.8 Å². The van der Waals surface area contributed by atoms with E-state index in [4.69, 9.17) is 0 Å². The van der Waals surface area contributed by atoms with Crippen molar-refractivity contribution in [1.82, 2.24) is 20.1 Å². The Kier molecular flexibility index (Phi) is 3.59. The van der Waals surface area contributed by atoms with E-state index in [-0.39, 0.29) is 0 Å². The highest BCUT2D eigenvalue weighted by Gasteiger charge is 2.35. The van der Waals surface area contributed by atoms with E-state index in [1.807, 2.05) is 18.5 Å². The quantitative estimate of drug-likeness (QED) is 0.823. The lowest BCUT2D eigenvalue weighted by atomic mass is 9.95. The molecule has 0 amide bonds. The smallest absolute Gasteiger partial charge is 0.0380 e. The minimum atomic E-state index is 0.525. The minimum Gasteiger partial charge on any atom is -0.315 e. The lowest BCUT2D eigenvalue weighted by Gasteiger charge is -2.50. The molecule has 98 valence electrons. The molecule has 0 aromatic carbocycles. The standard InChI is InChI=1S/C14H22N4/c1-15-13(9-12-3-2-4-16-10-12)14-11-17-5-7-18(14)8-6-17/h2-4,10,13-15H,5-9,11H2,1H3. The number of nitrogens with one attached hydrogen (secondary N) is 1. The maximum atomic E-state index is 4.21. The molecule has 4 heterocycles. The third kappa shape index (κ3) is 2.41. The van der Waals surface area contributed by atoms with E-state index in [0.29, 0.717) is 12.1 Å². The lowest BCUT2D eigenvalue weighted by molar-refractivity contribution is -0.00202. The van der Waals surface area contributed by atoms with Crippen molar-refractivity contribution in [1.29, 1.82) is 0 Å². The third-order valence-electron chi connectivity index (χ3n) is 4.33. The van der Waals surface area contributed by atoms with Gasteiger partial charge in [0.15, 0.2) is 0 Å². The number of rotatable bonds is 4. The van der Waals surface area contributed by atoms with Crippen molar-refractivity contribution in [3.05, 3.63) is 30.1 Å². The fourth-order valence-corrected chi connectivity index (χ4v) is 3.24. The van der Waals surface area contributed by atoms with Gasteiger partial charge in [-0.2, -0.15) is 0 Å². The number of pyridine rings is 1. The molecule has 3 saturated heterocycles. The highest BCUT2D eigenvalue weighted by molar-refractivity contribution is 5.12. The van der Waals surface area contributed by atoms with Gasteiger partial charge in [-0.25, -0.2) is 0 Å². The molecule has 4 nitrogen and oxygen atoms in total. The molecule has 3 aliphatic heterocycles. The van der Waals surface area contributed by atoms with Crippen molar-refractivity contribution in [3.63, 3.8) is 0 Å². The Labute approximate surface area is 109 Å². The first-order chi connectivity index (χ1) is 8.86. The van der Waals surface area contributed by atoms with Gasteiger partial charge >= 0.3 is 0 Å². The summed E-state index contributed by atoms with van der Waals surface area (Å²) >= 11 is 0. The summed E-state index contributed by atoms with van der Waals surface area (Å²) in [6.45, 7) is 6.18. The predicted octanol–water partition coefficient (Wildman–Crippen LogP) is 0.212. The molecule has 3 aliphatic rings. The van der Waals surface area contributed by atoms with Crippen molar-refractivity contribution in [2.24, 2.45) is 0 Å². The van der Waals surface area contributed by atoms with E-state index in [1.54, 1.807) is 0 Å². The maximum absolute atomic E-state index is 4.21. The fraction of sp³-hybridized carbons (Fsp3) is 0.643. The van der Waals surface area contributed by atoms with Gasteiger partial charge in [0.2, 0.25) is 0 Å².